The molecule has 0 spiro atoms. The summed E-state index contributed by atoms with van der Waals surface area (Å²) in [5.41, 5.74) is 2.53. The molecule has 160 valence electrons. The topological polar surface area (TPSA) is 81.3 Å². The highest BCUT2D eigenvalue weighted by molar-refractivity contribution is 8.00. The lowest BCUT2D eigenvalue weighted by atomic mass is 10.2. The number of hydrogen-bond donors (Lipinski definition) is 1. The Kier molecular flexibility index (Phi) is 6.08. The van der Waals surface area contributed by atoms with Crippen molar-refractivity contribution < 1.29 is 4.79 Å². The van der Waals surface area contributed by atoms with Gasteiger partial charge in [-0.05, 0) is 50.1 Å². The zero-order valence-corrected chi connectivity index (χ0v) is 18.6. The summed E-state index contributed by atoms with van der Waals surface area (Å²) in [6.07, 6.45) is 1.84. The first-order chi connectivity index (χ1) is 15.0. The van der Waals surface area contributed by atoms with Gasteiger partial charge in [0.15, 0.2) is 5.16 Å². The third-order valence-electron chi connectivity index (χ3n) is 5.15. The molecule has 7 nitrogen and oxygen atoms in total. The van der Waals surface area contributed by atoms with Crippen LogP contribution in [0.4, 0.5) is 5.69 Å². The molecule has 31 heavy (non-hydrogen) atoms. The summed E-state index contributed by atoms with van der Waals surface area (Å²) in [5, 5.41) is 12.4. The Bertz CT molecular complexity index is 1310. The number of fused-ring (bicyclic) bond motifs is 3. The second-order valence-electron chi connectivity index (χ2n) is 7.56. The van der Waals surface area contributed by atoms with Gasteiger partial charge in [-0.25, -0.2) is 0 Å². The van der Waals surface area contributed by atoms with Crippen LogP contribution in [-0.4, -0.2) is 30.3 Å². The van der Waals surface area contributed by atoms with E-state index in [9.17, 15) is 9.59 Å². The molecule has 1 unspecified atom stereocenters. The third-order valence-corrected chi connectivity index (χ3v) is 6.19. The predicted molar refractivity (Wildman–Crippen MR) is 125 cm³/mol. The Hall–Kier alpha value is -3.13. The average molecular weight is 436 g/mol. The van der Waals surface area contributed by atoms with Crippen LogP contribution in [0.2, 0.25) is 0 Å². The van der Waals surface area contributed by atoms with Crippen LogP contribution < -0.4 is 10.9 Å². The Labute approximate surface area is 184 Å². The SMILES string of the molecule is CCCCn1c(=O)c2ccccc2n2c(SC(C)C(=O)Nc3cccc(C)c3)nnc12. The molecule has 0 saturated heterocycles. The van der Waals surface area contributed by atoms with Gasteiger partial charge in [-0.15, -0.1) is 10.2 Å². The molecule has 2 heterocycles. The summed E-state index contributed by atoms with van der Waals surface area (Å²) in [7, 11) is 0. The normalized spacial score (nSPS) is 12.4. The number of anilines is 1. The maximum absolute atomic E-state index is 13.0. The van der Waals surface area contributed by atoms with Gasteiger partial charge in [0.05, 0.1) is 16.2 Å². The molecule has 1 N–H and O–H groups in total. The molecule has 2 aromatic heterocycles. The van der Waals surface area contributed by atoms with Gasteiger partial charge in [0, 0.05) is 12.2 Å². The van der Waals surface area contributed by atoms with Crippen molar-refractivity contribution in [3.05, 3.63) is 64.4 Å². The van der Waals surface area contributed by atoms with Crippen molar-refractivity contribution in [3.8, 4) is 0 Å². The standard InChI is InChI=1S/C23H25N5O2S/c1-4-5-13-27-21(30)18-11-6-7-12-19(18)28-22(27)25-26-23(28)31-16(3)20(29)24-17-10-8-9-15(2)14-17/h6-12,14,16H,4-5,13H2,1-3H3,(H,24,29). The second kappa shape index (κ2) is 8.93. The number of hydrogen-bond acceptors (Lipinski definition) is 5. The van der Waals surface area contributed by atoms with Gasteiger partial charge in [-0.3, -0.25) is 18.6 Å². The molecule has 0 fully saturated rings. The third kappa shape index (κ3) is 4.20. The van der Waals surface area contributed by atoms with Crippen LogP contribution in [0.15, 0.2) is 58.5 Å². The number of unbranched alkanes of at least 4 members (excludes halogenated alkanes) is 1. The molecule has 0 aliphatic rings. The smallest absolute Gasteiger partial charge is 0.262 e. The summed E-state index contributed by atoms with van der Waals surface area (Å²) in [5.74, 6) is 0.391. The Morgan fingerprint density at radius 2 is 1.97 bits per heavy atom. The number of thioether (sulfide) groups is 1. The summed E-state index contributed by atoms with van der Waals surface area (Å²) >= 11 is 1.33. The molecular formula is C23H25N5O2S. The number of aryl methyl sites for hydroxylation is 2. The van der Waals surface area contributed by atoms with Crippen molar-refractivity contribution >= 4 is 40.0 Å². The number of benzene rings is 2. The van der Waals surface area contributed by atoms with E-state index in [1.807, 2.05) is 66.8 Å². The van der Waals surface area contributed by atoms with Crippen molar-refractivity contribution in [3.63, 3.8) is 0 Å². The molecule has 2 aromatic carbocycles. The fourth-order valence-corrected chi connectivity index (χ4v) is 4.36. The van der Waals surface area contributed by atoms with Crippen LogP contribution in [0, 0.1) is 6.92 Å². The van der Waals surface area contributed by atoms with Crippen LogP contribution in [0.25, 0.3) is 16.7 Å². The summed E-state index contributed by atoms with van der Waals surface area (Å²) in [6.45, 7) is 6.49. The van der Waals surface area contributed by atoms with Crippen LogP contribution >= 0.6 is 11.8 Å². The van der Waals surface area contributed by atoms with Crippen molar-refractivity contribution in [1.29, 1.82) is 0 Å². The van der Waals surface area contributed by atoms with E-state index in [1.165, 1.54) is 11.8 Å². The van der Waals surface area contributed by atoms with Crippen LogP contribution in [-0.2, 0) is 11.3 Å². The summed E-state index contributed by atoms with van der Waals surface area (Å²) in [4.78, 5) is 25.8. The first kappa shape index (κ1) is 21.1. The first-order valence-corrected chi connectivity index (χ1v) is 11.3. The molecule has 8 heteroatoms. The Morgan fingerprint density at radius 1 is 1.16 bits per heavy atom. The molecule has 0 aliphatic heterocycles. The number of para-hydroxylation sites is 1. The van der Waals surface area contributed by atoms with Gasteiger partial charge in [0.2, 0.25) is 11.7 Å². The van der Waals surface area contributed by atoms with Gasteiger partial charge in [0.25, 0.3) is 5.56 Å². The van der Waals surface area contributed by atoms with E-state index in [-0.39, 0.29) is 11.5 Å². The van der Waals surface area contributed by atoms with E-state index in [2.05, 4.69) is 22.4 Å². The van der Waals surface area contributed by atoms with Crippen molar-refractivity contribution in [1.82, 2.24) is 19.2 Å². The van der Waals surface area contributed by atoms with Crippen LogP contribution in [0.1, 0.15) is 32.3 Å². The predicted octanol–water partition coefficient (Wildman–Crippen LogP) is 4.27. The zero-order valence-electron chi connectivity index (χ0n) is 17.8. The summed E-state index contributed by atoms with van der Waals surface area (Å²) < 4.78 is 3.56. The summed E-state index contributed by atoms with van der Waals surface area (Å²) in [6, 6.07) is 15.2. The minimum absolute atomic E-state index is 0.0641. The van der Waals surface area contributed by atoms with Crippen LogP contribution in [0.5, 0.6) is 0 Å². The van der Waals surface area contributed by atoms with Crippen molar-refractivity contribution in [2.75, 3.05) is 5.32 Å². The maximum Gasteiger partial charge on any atom is 0.262 e. The largest absolute Gasteiger partial charge is 0.325 e. The van der Waals surface area contributed by atoms with E-state index in [1.54, 1.807) is 4.57 Å². The number of carbonyl (C=O) groups is 1. The maximum atomic E-state index is 13.0. The Morgan fingerprint density at radius 3 is 2.74 bits per heavy atom. The highest BCUT2D eigenvalue weighted by atomic mass is 32.2. The number of aromatic nitrogens is 4. The average Bonchev–Trinajstić information content (AvgIpc) is 3.17. The number of rotatable bonds is 7. The second-order valence-corrected chi connectivity index (χ2v) is 8.87. The highest BCUT2D eigenvalue weighted by Crippen LogP contribution is 2.26. The van der Waals surface area contributed by atoms with Crippen molar-refractivity contribution in [2.45, 2.75) is 50.6 Å². The quantitative estimate of drug-likeness (QED) is 0.439. The number of nitrogens with one attached hydrogen (secondary N) is 1. The minimum atomic E-state index is -0.400. The van der Waals surface area contributed by atoms with E-state index in [0.717, 1.165) is 29.6 Å². The zero-order chi connectivity index (χ0) is 22.0. The van der Waals surface area contributed by atoms with Gasteiger partial charge in [-0.1, -0.05) is 49.4 Å². The fourth-order valence-electron chi connectivity index (χ4n) is 3.51. The molecule has 0 saturated carbocycles. The van der Waals surface area contributed by atoms with Crippen LogP contribution in [0.3, 0.4) is 0 Å². The molecule has 4 aromatic rings. The van der Waals surface area contributed by atoms with E-state index in [4.69, 9.17) is 0 Å². The lowest BCUT2D eigenvalue weighted by molar-refractivity contribution is -0.115. The van der Waals surface area contributed by atoms with Gasteiger partial charge < -0.3 is 5.32 Å². The number of nitrogens with zero attached hydrogens (tertiary/aromatic N) is 4. The number of amides is 1. The molecule has 1 amide bonds. The van der Waals surface area contributed by atoms with E-state index < -0.39 is 5.25 Å². The molecular weight excluding hydrogens is 410 g/mol. The molecule has 0 radical (unpaired) electrons. The van der Waals surface area contributed by atoms with E-state index in [0.29, 0.717) is 22.9 Å². The molecule has 4 rings (SSSR count). The molecule has 0 bridgehead atoms. The number of carbonyl (C=O) groups excluding carboxylic acids is 1. The molecule has 1 atom stereocenters. The minimum Gasteiger partial charge on any atom is -0.325 e. The lowest BCUT2D eigenvalue weighted by Gasteiger charge is -2.13. The van der Waals surface area contributed by atoms with Gasteiger partial charge >= 0.3 is 0 Å². The fraction of sp³-hybridized carbons (Fsp3) is 0.304. The first-order valence-electron chi connectivity index (χ1n) is 10.4. The molecule has 0 aliphatic carbocycles. The van der Waals surface area contributed by atoms with Gasteiger partial charge in [0.1, 0.15) is 0 Å². The van der Waals surface area contributed by atoms with Gasteiger partial charge in [-0.2, -0.15) is 0 Å². The monoisotopic (exact) mass is 435 g/mol. The van der Waals surface area contributed by atoms with E-state index >= 15 is 0 Å². The Balaban J connectivity index is 1.70. The lowest BCUT2D eigenvalue weighted by Crippen LogP contribution is -2.24. The highest BCUT2D eigenvalue weighted by Gasteiger charge is 2.21. The van der Waals surface area contributed by atoms with Crippen molar-refractivity contribution in [2.24, 2.45) is 0 Å².